The second-order valence-electron chi connectivity index (χ2n) is 7.32. The zero-order valence-electron chi connectivity index (χ0n) is 15.9. The van der Waals surface area contributed by atoms with Crippen molar-refractivity contribution in [1.82, 2.24) is 5.43 Å². The molecule has 3 aromatic rings. The van der Waals surface area contributed by atoms with Crippen molar-refractivity contribution >= 4 is 12.1 Å². The minimum Gasteiger partial charge on any atom is -0.372 e. The van der Waals surface area contributed by atoms with Gasteiger partial charge in [0.15, 0.2) is 5.60 Å². The Morgan fingerprint density at radius 1 is 0.929 bits per heavy atom. The molecule has 140 valence electrons. The van der Waals surface area contributed by atoms with Crippen molar-refractivity contribution in [1.29, 1.82) is 0 Å². The van der Waals surface area contributed by atoms with Crippen molar-refractivity contribution in [2.75, 3.05) is 0 Å². The average Bonchev–Trinajstić information content (AvgIpc) is 2.99. The standard InChI is InChI=1S/C24H22N2O2/c1-16(2)18-13-11-17(12-14-18)15-25-26-23(27)24(28)21-9-5-3-7-19(21)20-8-4-6-10-22(20)24/h3-16,28H,1-2H3,(H,26,27)/b25-15+. The summed E-state index contributed by atoms with van der Waals surface area (Å²) in [6, 6.07) is 22.8. The maximum atomic E-state index is 13.0. The fourth-order valence-corrected chi connectivity index (χ4v) is 3.67. The van der Waals surface area contributed by atoms with Crippen LogP contribution in [0.2, 0.25) is 0 Å². The Kier molecular flexibility index (Phi) is 4.57. The maximum Gasteiger partial charge on any atom is 0.281 e. The molecule has 0 saturated carbocycles. The van der Waals surface area contributed by atoms with Crippen LogP contribution in [0, 0.1) is 0 Å². The summed E-state index contributed by atoms with van der Waals surface area (Å²) >= 11 is 0. The number of aliphatic hydroxyl groups is 1. The number of nitrogens with one attached hydrogen (secondary N) is 1. The summed E-state index contributed by atoms with van der Waals surface area (Å²) in [4.78, 5) is 13.0. The van der Waals surface area contributed by atoms with E-state index in [0.717, 1.165) is 16.7 Å². The maximum absolute atomic E-state index is 13.0. The van der Waals surface area contributed by atoms with Crippen molar-refractivity contribution in [3.8, 4) is 11.1 Å². The number of carbonyl (C=O) groups is 1. The van der Waals surface area contributed by atoms with Gasteiger partial charge >= 0.3 is 0 Å². The highest BCUT2D eigenvalue weighted by atomic mass is 16.3. The number of hydrazone groups is 1. The average molecular weight is 370 g/mol. The van der Waals surface area contributed by atoms with Crippen LogP contribution in [0.3, 0.4) is 0 Å². The van der Waals surface area contributed by atoms with Gasteiger partial charge < -0.3 is 5.11 Å². The van der Waals surface area contributed by atoms with E-state index in [2.05, 4.69) is 24.4 Å². The number of amides is 1. The predicted octanol–water partition coefficient (Wildman–Crippen LogP) is 4.18. The topological polar surface area (TPSA) is 61.7 Å². The lowest BCUT2D eigenvalue weighted by molar-refractivity contribution is -0.136. The molecular weight excluding hydrogens is 348 g/mol. The van der Waals surface area contributed by atoms with E-state index in [1.54, 1.807) is 18.3 Å². The van der Waals surface area contributed by atoms with Crippen molar-refractivity contribution in [3.05, 3.63) is 95.1 Å². The second kappa shape index (κ2) is 7.06. The molecule has 2 N–H and O–H groups in total. The van der Waals surface area contributed by atoms with Gasteiger partial charge in [0.05, 0.1) is 6.21 Å². The number of hydrogen-bond donors (Lipinski definition) is 2. The van der Waals surface area contributed by atoms with Crippen LogP contribution in [0.25, 0.3) is 11.1 Å². The fourth-order valence-electron chi connectivity index (χ4n) is 3.67. The van der Waals surface area contributed by atoms with Gasteiger partial charge in [-0.05, 0) is 28.2 Å². The first-order chi connectivity index (χ1) is 13.5. The summed E-state index contributed by atoms with van der Waals surface area (Å²) in [5.41, 5.74) is 5.76. The number of carbonyl (C=O) groups excluding carboxylic acids is 1. The number of hydrogen-bond acceptors (Lipinski definition) is 3. The first-order valence-corrected chi connectivity index (χ1v) is 9.37. The molecule has 28 heavy (non-hydrogen) atoms. The van der Waals surface area contributed by atoms with Gasteiger partial charge in [0.2, 0.25) is 0 Å². The Morgan fingerprint density at radius 2 is 1.46 bits per heavy atom. The summed E-state index contributed by atoms with van der Waals surface area (Å²) in [5, 5.41) is 15.4. The minimum absolute atomic E-state index is 0.461. The van der Waals surface area contributed by atoms with Gasteiger partial charge in [0.25, 0.3) is 5.91 Å². The van der Waals surface area contributed by atoms with Crippen LogP contribution >= 0.6 is 0 Å². The normalized spacial score (nSPS) is 14.1. The van der Waals surface area contributed by atoms with Crippen molar-refractivity contribution in [2.45, 2.75) is 25.4 Å². The molecule has 0 aliphatic heterocycles. The minimum atomic E-state index is -1.76. The van der Waals surface area contributed by atoms with Crippen molar-refractivity contribution in [2.24, 2.45) is 5.10 Å². The van der Waals surface area contributed by atoms with Gasteiger partial charge in [-0.3, -0.25) is 4.79 Å². The van der Waals surface area contributed by atoms with Crippen LogP contribution in [0.5, 0.6) is 0 Å². The Labute approximate surface area is 164 Å². The highest BCUT2D eigenvalue weighted by molar-refractivity contribution is 5.99. The van der Waals surface area contributed by atoms with E-state index >= 15 is 0 Å². The SMILES string of the molecule is CC(C)c1ccc(/C=N/NC(=O)C2(O)c3ccccc3-c3ccccc32)cc1. The largest absolute Gasteiger partial charge is 0.372 e. The number of benzene rings is 3. The third kappa shape index (κ3) is 2.92. The summed E-state index contributed by atoms with van der Waals surface area (Å²) in [6.07, 6.45) is 1.58. The van der Waals surface area contributed by atoms with E-state index in [0.29, 0.717) is 17.0 Å². The number of nitrogens with zero attached hydrogens (tertiary/aromatic N) is 1. The van der Waals surface area contributed by atoms with E-state index in [-0.39, 0.29) is 0 Å². The molecule has 0 unspecified atom stereocenters. The van der Waals surface area contributed by atoms with E-state index in [4.69, 9.17) is 0 Å². The third-order valence-corrected chi connectivity index (χ3v) is 5.24. The van der Waals surface area contributed by atoms with Crippen LogP contribution in [-0.4, -0.2) is 17.2 Å². The van der Waals surface area contributed by atoms with E-state index < -0.39 is 11.5 Å². The van der Waals surface area contributed by atoms with Gasteiger partial charge in [-0.25, -0.2) is 5.43 Å². The lowest BCUT2D eigenvalue weighted by Crippen LogP contribution is -2.42. The van der Waals surface area contributed by atoms with Gasteiger partial charge in [0.1, 0.15) is 0 Å². The highest BCUT2D eigenvalue weighted by Gasteiger charge is 2.47. The van der Waals surface area contributed by atoms with Crippen molar-refractivity contribution < 1.29 is 9.90 Å². The van der Waals surface area contributed by atoms with E-state index in [1.165, 1.54) is 5.56 Å². The van der Waals surface area contributed by atoms with Crippen LogP contribution in [-0.2, 0) is 10.4 Å². The summed E-state index contributed by atoms with van der Waals surface area (Å²) in [7, 11) is 0. The van der Waals surface area contributed by atoms with Gasteiger partial charge in [0, 0.05) is 11.1 Å². The Hall–Kier alpha value is -3.24. The van der Waals surface area contributed by atoms with Gasteiger partial charge in [-0.2, -0.15) is 5.10 Å². The number of fused-ring (bicyclic) bond motifs is 3. The lowest BCUT2D eigenvalue weighted by Gasteiger charge is -2.23. The molecule has 0 fully saturated rings. The molecule has 4 heteroatoms. The summed E-state index contributed by atoms with van der Waals surface area (Å²) in [6.45, 7) is 4.28. The molecule has 0 bridgehead atoms. The fraction of sp³-hybridized carbons (Fsp3) is 0.167. The lowest BCUT2D eigenvalue weighted by atomic mass is 9.91. The van der Waals surface area contributed by atoms with E-state index in [1.807, 2.05) is 60.7 Å². The molecule has 4 nitrogen and oxygen atoms in total. The summed E-state index contributed by atoms with van der Waals surface area (Å²) in [5.74, 6) is -0.109. The van der Waals surface area contributed by atoms with Crippen LogP contribution in [0.4, 0.5) is 0 Å². The quantitative estimate of drug-likeness (QED) is 0.535. The molecule has 0 spiro atoms. The zero-order valence-corrected chi connectivity index (χ0v) is 15.9. The zero-order chi connectivity index (χ0) is 19.7. The molecule has 3 aromatic carbocycles. The van der Waals surface area contributed by atoms with Crippen LogP contribution < -0.4 is 5.43 Å². The first kappa shape index (κ1) is 18.1. The third-order valence-electron chi connectivity index (χ3n) is 5.24. The Morgan fingerprint density at radius 3 is 2.00 bits per heavy atom. The Balaban J connectivity index is 1.59. The Bertz CT molecular complexity index is 1010. The van der Waals surface area contributed by atoms with Crippen LogP contribution in [0.1, 0.15) is 42.0 Å². The molecule has 1 amide bonds. The summed E-state index contributed by atoms with van der Waals surface area (Å²) < 4.78 is 0. The second-order valence-corrected chi connectivity index (χ2v) is 7.32. The predicted molar refractivity (Wildman–Crippen MR) is 111 cm³/mol. The van der Waals surface area contributed by atoms with E-state index in [9.17, 15) is 9.90 Å². The van der Waals surface area contributed by atoms with Crippen molar-refractivity contribution in [3.63, 3.8) is 0 Å². The van der Waals surface area contributed by atoms with Gasteiger partial charge in [-0.15, -0.1) is 0 Å². The molecule has 1 aliphatic rings. The molecule has 0 aromatic heterocycles. The highest BCUT2D eigenvalue weighted by Crippen LogP contribution is 2.47. The van der Waals surface area contributed by atoms with Crippen LogP contribution in [0.15, 0.2) is 77.9 Å². The van der Waals surface area contributed by atoms with Gasteiger partial charge in [-0.1, -0.05) is 86.6 Å². The molecule has 0 heterocycles. The molecular formula is C24H22N2O2. The number of rotatable bonds is 4. The monoisotopic (exact) mass is 370 g/mol. The molecule has 1 aliphatic carbocycles. The molecule has 0 radical (unpaired) electrons. The smallest absolute Gasteiger partial charge is 0.281 e. The molecule has 4 rings (SSSR count). The molecule has 0 atom stereocenters. The molecule has 0 saturated heterocycles. The first-order valence-electron chi connectivity index (χ1n) is 9.37.